The van der Waals surface area contributed by atoms with E-state index in [4.69, 9.17) is 16.3 Å². The van der Waals surface area contributed by atoms with Crippen molar-refractivity contribution >= 4 is 47.0 Å². The van der Waals surface area contributed by atoms with Crippen LogP contribution in [0.1, 0.15) is 5.56 Å². The van der Waals surface area contributed by atoms with Gasteiger partial charge in [-0.1, -0.05) is 11.6 Å². The summed E-state index contributed by atoms with van der Waals surface area (Å²) in [5.74, 6) is 1.08. The second-order valence-electron chi connectivity index (χ2n) is 6.73. The summed E-state index contributed by atoms with van der Waals surface area (Å²) in [6, 6.07) is 13.2. The molecule has 0 saturated carbocycles. The van der Waals surface area contributed by atoms with Gasteiger partial charge in [0, 0.05) is 35.9 Å². The van der Waals surface area contributed by atoms with Gasteiger partial charge < -0.3 is 15.0 Å². The molecule has 3 aromatic rings. The van der Waals surface area contributed by atoms with Crippen LogP contribution >= 0.6 is 11.6 Å². The molecular formula is C20H19ClN8O3. The van der Waals surface area contributed by atoms with Gasteiger partial charge in [0.05, 0.1) is 24.4 Å². The van der Waals surface area contributed by atoms with Crippen LogP contribution in [0.4, 0.5) is 29.2 Å². The van der Waals surface area contributed by atoms with Crippen molar-refractivity contribution in [2.24, 2.45) is 5.10 Å². The number of ether oxygens (including phenoxy) is 1. The minimum Gasteiger partial charge on any atom is -0.378 e. The third kappa shape index (κ3) is 5.65. The zero-order valence-electron chi connectivity index (χ0n) is 16.8. The molecule has 2 N–H and O–H groups in total. The lowest BCUT2D eigenvalue weighted by molar-refractivity contribution is -0.384. The lowest BCUT2D eigenvalue weighted by Crippen LogP contribution is -2.37. The number of hydrogen-bond acceptors (Lipinski definition) is 10. The lowest BCUT2D eigenvalue weighted by Gasteiger charge is -2.27. The summed E-state index contributed by atoms with van der Waals surface area (Å²) < 4.78 is 5.40. The van der Waals surface area contributed by atoms with Gasteiger partial charge in [-0.25, -0.2) is 5.43 Å². The molecule has 164 valence electrons. The average molecular weight is 455 g/mol. The molecule has 1 saturated heterocycles. The summed E-state index contributed by atoms with van der Waals surface area (Å²) in [5, 5.41) is 18.7. The molecule has 2 heterocycles. The first-order valence-electron chi connectivity index (χ1n) is 9.72. The molecule has 11 nitrogen and oxygen atoms in total. The third-order valence-electron chi connectivity index (χ3n) is 4.50. The van der Waals surface area contributed by atoms with Gasteiger partial charge in [-0.05, 0) is 42.0 Å². The SMILES string of the molecule is O=[N+]([O-])c1ccc(/C=N\Nc2nc(Nc3ccc(Cl)cc3)nc(N3CCOCC3)n2)cc1. The molecule has 0 spiro atoms. The van der Waals surface area contributed by atoms with E-state index in [9.17, 15) is 10.1 Å². The van der Waals surface area contributed by atoms with E-state index in [1.807, 2.05) is 17.0 Å². The molecule has 0 amide bonds. The number of nitrogens with zero attached hydrogens (tertiary/aromatic N) is 6. The molecule has 1 fully saturated rings. The summed E-state index contributed by atoms with van der Waals surface area (Å²) in [7, 11) is 0. The van der Waals surface area contributed by atoms with Crippen LogP contribution in [0.25, 0.3) is 0 Å². The number of nitrogens with one attached hydrogen (secondary N) is 2. The fourth-order valence-electron chi connectivity index (χ4n) is 2.88. The maximum atomic E-state index is 10.8. The number of anilines is 4. The van der Waals surface area contributed by atoms with Crippen LogP contribution in [-0.2, 0) is 4.74 Å². The predicted octanol–water partition coefficient (Wildman–Crippen LogP) is 3.46. The van der Waals surface area contributed by atoms with E-state index in [0.29, 0.717) is 48.8 Å². The van der Waals surface area contributed by atoms with Crippen LogP contribution in [0, 0.1) is 10.1 Å². The van der Waals surface area contributed by atoms with Crippen molar-refractivity contribution in [3.63, 3.8) is 0 Å². The highest BCUT2D eigenvalue weighted by atomic mass is 35.5. The zero-order chi connectivity index (χ0) is 22.3. The molecule has 2 aromatic carbocycles. The van der Waals surface area contributed by atoms with Crippen molar-refractivity contribution < 1.29 is 9.66 Å². The van der Waals surface area contributed by atoms with Crippen molar-refractivity contribution in [1.29, 1.82) is 0 Å². The first-order chi connectivity index (χ1) is 15.6. The largest absolute Gasteiger partial charge is 0.378 e. The van der Waals surface area contributed by atoms with Crippen LogP contribution in [0.15, 0.2) is 53.6 Å². The van der Waals surface area contributed by atoms with Gasteiger partial charge in [0.25, 0.3) is 5.69 Å². The molecule has 0 radical (unpaired) electrons. The second-order valence-corrected chi connectivity index (χ2v) is 7.17. The maximum absolute atomic E-state index is 10.8. The Hall–Kier alpha value is -3.83. The van der Waals surface area contributed by atoms with Crippen molar-refractivity contribution in [1.82, 2.24) is 15.0 Å². The van der Waals surface area contributed by atoms with E-state index < -0.39 is 4.92 Å². The number of nitro benzene ring substituents is 1. The van der Waals surface area contributed by atoms with Crippen molar-refractivity contribution in [2.75, 3.05) is 41.9 Å². The number of hydrogen-bond donors (Lipinski definition) is 2. The highest BCUT2D eigenvalue weighted by Gasteiger charge is 2.16. The van der Waals surface area contributed by atoms with Gasteiger partial charge in [0.1, 0.15) is 0 Å². The minimum atomic E-state index is -0.452. The molecule has 1 aromatic heterocycles. The topological polar surface area (TPSA) is 131 Å². The smallest absolute Gasteiger partial charge is 0.269 e. The molecule has 12 heteroatoms. The third-order valence-corrected chi connectivity index (χ3v) is 4.75. The maximum Gasteiger partial charge on any atom is 0.269 e. The first-order valence-corrected chi connectivity index (χ1v) is 10.1. The molecular weight excluding hydrogens is 436 g/mol. The molecule has 0 aliphatic carbocycles. The molecule has 0 unspecified atom stereocenters. The van der Waals surface area contributed by atoms with E-state index in [0.717, 1.165) is 5.69 Å². The van der Waals surface area contributed by atoms with Crippen LogP contribution in [-0.4, -0.2) is 52.4 Å². The Balaban J connectivity index is 1.53. The molecule has 4 rings (SSSR count). The van der Waals surface area contributed by atoms with Gasteiger partial charge in [-0.15, -0.1) is 0 Å². The summed E-state index contributed by atoms with van der Waals surface area (Å²) in [6.45, 7) is 2.51. The molecule has 32 heavy (non-hydrogen) atoms. The normalized spacial score (nSPS) is 13.8. The van der Waals surface area contributed by atoms with Crippen molar-refractivity contribution in [2.45, 2.75) is 0 Å². The Morgan fingerprint density at radius 1 is 1.03 bits per heavy atom. The van der Waals surface area contributed by atoms with Crippen molar-refractivity contribution in [3.8, 4) is 0 Å². The Morgan fingerprint density at radius 2 is 1.72 bits per heavy atom. The fourth-order valence-corrected chi connectivity index (χ4v) is 3.01. The van der Waals surface area contributed by atoms with E-state index in [-0.39, 0.29) is 11.6 Å². The van der Waals surface area contributed by atoms with E-state index in [1.165, 1.54) is 18.3 Å². The summed E-state index contributed by atoms with van der Waals surface area (Å²) >= 11 is 5.95. The van der Waals surface area contributed by atoms with E-state index >= 15 is 0 Å². The average Bonchev–Trinajstić information content (AvgIpc) is 2.81. The number of benzene rings is 2. The monoisotopic (exact) mass is 454 g/mol. The Kier molecular flexibility index (Phi) is 6.68. The summed E-state index contributed by atoms with van der Waals surface area (Å²) in [4.78, 5) is 25.7. The van der Waals surface area contributed by atoms with Crippen molar-refractivity contribution in [3.05, 3.63) is 69.2 Å². The predicted molar refractivity (Wildman–Crippen MR) is 122 cm³/mol. The van der Waals surface area contributed by atoms with Crippen LogP contribution in [0.5, 0.6) is 0 Å². The second kappa shape index (κ2) is 9.98. The number of halogens is 1. The van der Waals surface area contributed by atoms with Crippen LogP contribution in [0.2, 0.25) is 5.02 Å². The van der Waals surface area contributed by atoms with Gasteiger partial charge in [-0.3, -0.25) is 10.1 Å². The Labute approximate surface area is 188 Å². The lowest BCUT2D eigenvalue weighted by atomic mass is 10.2. The zero-order valence-corrected chi connectivity index (χ0v) is 17.6. The highest BCUT2D eigenvalue weighted by molar-refractivity contribution is 6.30. The van der Waals surface area contributed by atoms with Crippen LogP contribution < -0.4 is 15.6 Å². The summed E-state index contributed by atoms with van der Waals surface area (Å²) in [6.07, 6.45) is 1.52. The quantitative estimate of drug-likeness (QED) is 0.313. The molecule has 1 aliphatic heterocycles. The number of non-ortho nitro benzene ring substituents is 1. The highest BCUT2D eigenvalue weighted by Crippen LogP contribution is 2.20. The molecule has 1 aliphatic rings. The fraction of sp³-hybridized carbons (Fsp3) is 0.200. The van der Waals surface area contributed by atoms with Gasteiger partial charge in [-0.2, -0.15) is 20.1 Å². The number of aromatic nitrogens is 3. The minimum absolute atomic E-state index is 0.0145. The standard InChI is InChI=1S/C20H19ClN8O3/c21-15-3-5-16(6-4-15)23-18-24-19(26-20(25-18)28-9-11-32-12-10-28)27-22-13-14-1-7-17(8-2-14)29(30)31/h1-8,13H,9-12H2,(H2,23,24,25,26,27)/b22-13-. The Bertz CT molecular complexity index is 1100. The van der Waals surface area contributed by atoms with E-state index in [1.54, 1.807) is 24.3 Å². The van der Waals surface area contributed by atoms with Gasteiger partial charge in [0.2, 0.25) is 17.8 Å². The van der Waals surface area contributed by atoms with Crippen LogP contribution in [0.3, 0.4) is 0 Å². The number of rotatable bonds is 7. The van der Waals surface area contributed by atoms with Gasteiger partial charge in [0.15, 0.2) is 0 Å². The Morgan fingerprint density at radius 3 is 2.41 bits per heavy atom. The molecule has 0 bridgehead atoms. The molecule has 0 atom stereocenters. The van der Waals surface area contributed by atoms with Gasteiger partial charge >= 0.3 is 0 Å². The summed E-state index contributed by atoms with van der Waals surface area (Å²) in [5.41, 5.74) is 4.27. The van der Waals surface area contributed by atoms with E-state index in [2.05, 4.69) is 30.8 Å². The number of nitro groups is 1. The number of morpholine rings is 1. The first kappa shape index (κ1) is 21.4. The number of hydrazone groups is 1.